The first-order valence-electron chi connectivity index (χ1n) is 34.4. The molecule has 4 heteroatoms. The number of phenolic OH excluding ortho intramolecular Hbond substituents is 1. The number of para-hydroxylation sites is 1. The number of benzene rings is 6. The molecule has 1 N–H and O–H groups in total. The lowest BCUT2D eigenvalue weighted by Crippen LogP contribution is -2.17. The van der Waals surface area contributed by atoms with Gasteiger partial charge in [0.25, 0.3) is 0 Å². The van der Waals surface area contributed by atoms with Gasteiger partial charge in [-0.3, -0.25) is 9.55 Å². The molecule has 0 spiro atoms. The van der Waals surface area contributed by atoms with E-state index in [1.807, 2.05) is 63.2 Å². The van der Waals surface area contributed by atoms with Crippen LogP contribution in [0.2, 0.25) is 0 Å². The zero-order chi connectivity index (χ0) is 69.5. The smallest absolute Gasteiger partial charge is 0.149 e. The maximum absolute atomic E-state index is 13.1. The molecule has 8 rings (SSSR count). The number of aromatic nitrogens is 3. The van der Waals surface area contributed by atoms with Crippen molar-refractivity contribution in [2.45, 2.75) is 151 Å². The summed E-state index contributed by atoms with van der Waals surface area (Å²) in [4.78, 5) is 9.90. The highest BCUT2D eigenvalue weighted by atomic mass is 16.3. The fourth-order valence-corrected chi connectivity index (χ4v) is 8.64. The van der Waals surface area contributed by atoms with Crippen molar-refractivity contribution in [3.8, 4) is 67.5 Å². The summed E-state index contributed by atoms with van der Waals surface area (Å²) >= 11 is 0. The Morgan fingerprint density at radius 2 is 1.16 bits per heavy atom. The summed E-state index contributed by atoms with van der Waals surface area (Å²) in [5.41, 5.74) is -6.41. The maximum Gasteiger partial charge on any atom is 0.149 e. The van der Waals surface area contributed by atoms with Gasteiger partial charge in [-0.2, -0.15) is 0 Å². The van der Waals surface area contributed by atoms with Gasteiger partial charge in [-0.05, 0) is 150 Å². The molecule has 0 radical (unpaired) electrons. The van der Waals surface area contributed by atoms with E-state index in [1.165, 1.54) is 28.8 Å². The zero-order valence-corrected chi connectivity index (χ0v) is 40.9. The third kappa shape index (κ3) is 9.96. The van der Waals surface area contributed by atoms with Crippen LogP contribution in [0, 0.1) is 6.85 Å². The maximum atomic E-state index is 13.1. The second kappa shape index (κ2) is 17.9. The van der Waals surface area contributed by atoms with Gasteiger partial charge in [0.15, 0.2) is 0 Å². The number of pyridine rings is 1. The molecule has 0 fully saturated rings. The third-order valence-electron chi connectivity index (χ3n) is 12.8. The molecule has 69 heavy (non-hydrogen) atoms. The SMILES string of the molecule is [2H]C([2H])([2H])c1cc(-c2cc(C([2H])(C)C)cc(C([2H])(C)C)c2)ccc1-n1c(-c2cc(C(C([2H])([2H])[2H])(C([2H])([2H])[2H])C([2H])([2H])[2H])cc(C(C([2H])([2H])[2H])(C([2H])([2H])[2H])C([2H])([2H])[2H])c2O)nc2c(-c3cc(-c4cc(-c5ccc(C(C)(C)C)cc5)ccn4)cc(C(C)(C)C)c3)cccc21. The van der Waals surface area contributed by atoms with Crippen molar-refractivity contribution in [1.29, 1.82) is 0 Å². The van der Waals surface area contributed by atoms with E-state index in [4.69, 9.17) is 37.4 Å². The average Bonchev–Trinajstić information content (AvgIpc) is 0.733. The van der Waals surface area contributed by atoms with Crippen LogP contribution in [-0.4, -0.2) is 19.6 Å². The van der Waals surface area contributed by atoms with E-state index in [0.29, 0.717) is 45.1 Å². The molecule has 356 valence electrons. The molecule has 0 aliphatic carbocycles. The fraction of sp³-hybridized carbons (Fsp3) is 0.354. The molecule has 0 amide bonds. The van der Waals surface area contributed by atoms with E-state index in [9.17, 15) is 9.22 Å². The highest BCUT2D eigenvalue weighted by Gasteiger charge is 2.29. The molecule has 4 nitrogen and oxygen atoms in total. The molecule has 0 aliphatic rings. The number of imidazole rings is 1. The molecule has 0 bridgehead atoms. The Balaban J connectivity index is 1.61. The van der Waals surface area contributed by atoms with Crippen LogP contribution in [0.15, 0.2) is 128 Å². The van der Waals surface area contributed by atoms with Gasteiger partial charge in [0, 0.05) is 54.4 Å². The van der Waals surface area contributed by atoms with E-state index >= 15 is 0 Å². The Labute approximate surface area is 446 Å². The Kier molecular flexibility index (Phi) is 7.22. The van der Waals surface area contributed by atoms with Gasteiger partial charge in [0.2, 0.25) is 0 Å². The van der Waals surface area contributed by atoms with Crippen molar-refractivity contribution in [2.24, 2.45) is 0 Å². The predicted molar refractivity (Wildman–Crippen MR) is 295 cm³/mol. The average molecular weight is 937 g/mol. The van der Waals surface area contributed by atoms with E-state index in [-0.39, 0.29) is 33.8 Å². The highest BCUT2D eigenvalue weighted by Crippen LogP contribution is 2.46. The standard InChI is InChI=1S/C65H75N3O/c1-39(2)45-30-46(40(3)4)32-47(31-45)43-23-26-57(41(5)29-43)68-58-20-18-19-53(59(58)67-61(68)54-37-52(64(12,13)14)38-55(60(54)69)65(15,16)17)48-33-49(35-51(34-48)63(9,10)11)56-36-44(27-28-66-56)42-21-24-50(25-22-42)62(6,7)8/h18-40,69H,1-17H3/i5D3,12D3,13D3,14D3,15D3,16D3,17D3,39D,40D. The number of hydrogen-bond acceptors (Lipinski definition) is 3. The van der Waals surface area contributed by atoms with Crippen LogP contribution < -0.4 is 0 Å². The van der Waals surface area contributed by atoms with E-state index in [2.05, 4.69) is 32.9 Å². The van der Waals surface area contributed by atoms with Gasteiger partial charge in [-0.25, -0.2) is 4.98 Å². The summed E-state index contributed by atoms with van der Waals surface area (Å²) in [6, 6.07) is 32.6. The summed E-state index contributed by atoms with van der Waals surface area (Å²) < 4.78 is 205. The molecule has 0 aliphatic heterocycles. The minimum atomic E-state index is -4.26. The summed E-state index contributed by atoms with van der Waals surface area (Å²) in [5, 5.41) is 13.1. The minimum Gasteiger partial charge on any atom is -0.507 e. The lowest BCUT2D eigenvalue weighted by molar-refractivity contribution is 0.446. The van der Waals surface area contributed by atoms with E-state index in [1.54, 1.807) is 64.2 Å². The molecule has 0 saturated heterocycles. The Morgan fingerprint density at radius 1 is 0.536 bits per heavy atom. The first-order chi connectivity index (χ1) is 41.5. The molecule has 6 aromatic carbocycles. The summed E-state index contributed by atoms with van der Waals surface area (Å²) in [6.45, 7) is -9.34. The number of nitrogens with zero attached hydrogens (tertiary/aromatic N) is 3. The molecule has 0 unspecified atom stereocenters. The summed E-state index contributed by atoms with van der Waals surface area (Å²) in [6.07, 6.45) is 1.68. The van der Waals surface area contributed by atoms with Crippen LogP contribution in [0.3, 0.4) is 0 Å². The third-order valence-corrected chi connectivity index (χ3v) is 12.8. The van der Waals surface area contributed by atoms with Crippen LogP contribution in [0.5, 0.6) is 5.75 Å². The Hall–Kier alpha value is -6.26. The lowest BCUT2D eigenvalue weighted by Gasteiger charge is -2.27. The number of hydrogen-bond donors (Lipinski definition) is 1. The number of phenols is 1. The van der Waals surface area contributed by atoms with E-state index in [0.717, 1.165) is 22.3 Å². The quantitative estimate of drug-likeness (QED) is 0.165. The second-order valence-corrected chi connectivity index (χ2v) is 20.7. The largest absolute Gasteiger partial charge is 0.507 e. The molecule has 8 aromatic rings. The van der Waals surface area contributed by atoms with Crippen molar-refractivity contribution in [1.82, 2.24) is 14.5 Å². The first kappa shape index (κ1) is 27.8. The topological polar surface area (TPSA) is 50.9 Å². The summed E-state index contributed by atoms with van der Waals surface area (Å²) in [5.74, 6) is -4.62. The molecule has 0 saturated carbocycles. The van der Waals surface area contributed by atoms with Crippen LogP contribution >= 0.6 is 0 Å². The van der Waals surface area contributed by atoms with E-state index < -0.39 is 110 Å². The second-order valence-electron chi connectivity index (χ2n) is 20.7. The minimum absolute atomic E-state index is 0.00212. The van der Waals surface area contributed by atoms with Gasteiger partial charge in [0.1, 0.15) is 11.6 Å². The Morgan fingerprint density at radius 3 is 1.78 bits per heavy atom. The number of aromatic hydroxyl groups is 1. The van der Waals surface area contributed by atoms with Crippen molar-refractivity contribution >= 4 is 11.0 Å². The fourth-order valence-electron chi connectivity index (χ4n) is 8.64. The molecule has 2 aromatic heterocycles. The van der Waals surface area contributed by atoms with Gasteiger partial charge < -0.3 is 5.11 Å². The molecular formula is C65H75N3O. The van der Waals surface area contributed by atoms with Crippen LogP contribution in [0.1, 0.15) is 193 Å². The van der Waals surface area contributed by atoms with Gasteiger partial charge in [-0.1, -0.05) is 183 Å². The van der Waals surface area contributed by atoms with Gasteiger partial charge >= 0.3 is 0 Å². The van der Waals surface area contributed by atoms with Gasteiger partial charge in [0.05, 0.1) is 28.0 Å². The molecular weight excluding hydrogens is 839 g/mol. The van der Waals surface area contributed by atoms with Gasteiger partial charge in [-0.15, -0.1) is 0 Å². The van der Waals surface area contributed by atoms with Crippen molar-refractivity contribution in [3.63, 3.8) is 0 Å². The van der Waals surface area contributed by atoms with Crippen LogP contribution in [0.25, 0.3) is 72.7 Å². The highest BCUT2D eigenvalue weighted by molar-refractivity contribution is 5.97. The van der Waals surface area contributed by atoms with Crippen molar-refractivity contribution in [3.05, 3.63) is 166 Å². The molecule has 2 heterocycles. The van der Waals surface area contributed by atoms with Crippen molar-refractivity contribution < 1.29 is 36.6 Å². The van der Waals surface area contributed by atoms with Crippen molar-refractivity contribution in [2.75, 3.05) is 0 Å². The zero-order valence-electron chi connectivity index (χ0n) is 63.9. The lowest BCUT2D eigenvalue weighted by atomic mass is 9.79. The molecule has 0 atom stereocenters. The normalized spacial score (nSPS) is 19.2. The summed E-state index contributed by atoms with van der Waals surface area (Å²) in [7, 11) is 0. The Bertz CT molecular complexity index is 4010. The number of rotatable bonds is 8. The number of aryl methyl sites for hydroxylation is 1. The van der Waals surface area contributed by atoms with Crippen LogP contribution in [0.4, 0.5) is 0 Å². The first-order valence-corrected chi connectivity index (χ1v) is 22.9. The number of fused-ring (bicyclic) bond motifs is 1. The van der Waals surface area contributed by atoms with Crippen LogP contribution in [-0.2, 0) is 21.7 Å². The predicted octanol–water partition coefficient (Wildman–Crippen LogP) is 18.2. The monoisotopic (exact) mass is 937 g/mol.